The molecule has 0 saturated heterocycles. The number of methoxy groups -OCH3 is 2. The van der Waals surface area contributed by atoms with E-state index >= 15 is 0 Å². The minimum Gasteiger partial charge on any atom is -0.493 e. The minimum absolute atomic E-state index is 0.144. The van der Waals surface area contributed by atoms with E-state index in [0.29, 0.717) is 22.7 Å². The Balaban J connectivity index is 1.30. The van der Waals surface area contributed by atoms with E-state index in [2.05, 4.69) is 45.8 Å². The standard InChI is InChI=1S/C28H34N4O3S/c1-32(18-21(29)16-24-7-5-13-36-24)12-4-6-22-15-20-14-19(8-10-25(20)30-22)28(33)31-23-9-11-26(34-2)27(17-23)35-3/h5,7-11,13-15,17,21,30H,4,6,12,16,18,29H2,1-3H3,(H,31,33)/t21-/m0/s1. The normalized spacial score (nSPS) is 12.1. The van der Waals surface area contributed by atoms with Crippen LogP contribution >= 0.6 is 11.3 Å². The predicted molar refractivity (Wildman–Crippen MR) is 148 cm³/mol. The van der Waals surface area contributed by atoms with Gasteiger partial charge in [-0.3, -0.25) is 4.79 Å². The lowest BCUT2D eigenvalue weighted by Crippen LogP contribution is -2.37. The zero-order chi connectivity index (χ0) is 25.5. The van der Waals surface area contributed by atoms with Crippen molar-refractivity contribution in [1.82, 2.24) is 9.88 Å². The number of carbonyl (C=O) groups excluding carboxylic acids is 1. The fraction of sp³-hybridized carbons (Fsp3) is 0.321. The number of benzene rings is 2. The number of nitrogens with zero attached hydrogens (tertiary/aromatic N) is 1. The molecule has 0 radical (unpaired) electrons. The second-order valence-corrected chi connectivity index (χ2v) is 10.1. The lowest BCUT2D eigenvalue weighted by Gasteiger charge is -2.20. The van der Waals surface area contributed by atoms with Gasteiger partial charge < -0.3 is 30.4 Å². The van der Waals surface area contributed by atoms with Crippen LogP contribution in [0.2, 0.25) is 0 Å². The van der Waals surface area contributed by atoms with Gasteiger partial charge in [0.25, 0.3) is 5.91 Å². The van der Waals surface area contributed by atoms with Crippen LogP contribution in [0.4, 0.5) is 5.69 Å². The highest BCUT2D eigenvalue weighted by molar-refractivity contribution is 7.09. The summed E-state index contributed by atoms with van der Waals surface area (Å²) in [7, 11) is 5.28. The van der Waals surface area contributed by atoms with Crippen molar-refractivity contribution < 1.29 is 14.3 Å². The van der Waals surface area contributed by atoms with Crippen LogP contribution in [0.5, 0.6) is 11.5 Å². The van der Waals surface area contributed by atoms with E-state index in [1.165, 1.54) is 10.6 Å². The summed E-state index contributed by atoms with van der Waals surface area (Å²) in [5.41, 5.74) is 9.77. The highest BCUT2D eigenvalue weighted by Crippen LogP contribution is 2.30. The van der Waals surface area contributed by atoms with Crippen LogP contribution in [0.15, 0.2) is 60.0 Å². The van der Waals surface area contributed by atoms with Gasteiger partial charge in [-0.2, -0.15) is 0 Å². The molecule has 4 aromatic rings. The number of aryl methyl sites for hydroxylation is 1. The zero-order valence-electron chi connectivity index (χ0n) is 21.0. The molecule has 0 bridgehead atoms. The largest absolute Gasteiger partial charge is 0.493 e. The smallest absolute Gasteiger partial charge is 0.255 e. The van der Waals surface area contributed by atoms with Crippen molar-refractivity contribution in [1.29, 1.82) is 0 Å². The Morgan fingerprint density at radius 2 is 1.94 bits per heavy atom. The molecular formula is C28H34N4O3S. The molecule has 0 spiro atoms. The fourth-order valence-electron chi connectivity index (χ4n) is 4.37. The molecule has 4 N–H and O–H groups in total. The van der Waals surface area contributed by atoms with Crippen molar-refractivity contribution in [2.75, 3.05) is 39.7 Å². The lowest BCUT2D eigenvalue weighted by atomic mass is 10.1. The van der Waals surface area contributed by atoms with Crippen LogP contribution in [-0.4, -0.2) is 56.2 Å². The summed E-state index contributed by atoms with van der Waals surface area (Å²) >= 11 is 1.76. The number of aromatic nitrogens is 1. The molecule has 1 atom stereocenters. The third-order valence-electron chi connectivity index (χ3n) is 6.16. The molecule has 2 heterocycles. The van der Waals surface area contributed by atoms with E-state index < -0.39 is 0 Å². The Morgan fingerprint density at radius 1 is 1.11 bits per heavy atom. The molecule has 190 valence electrons. The maximum Gasteiger partial charge on any atom is 0.255 e. The average molecular weight is 507 g/mol. The van der Waals surface area contributed by atoms with Crippen molar-refractivity contribution in [2.24, 2.45) is 5.73 Å². The second kappa shape index (κ2) is 12.1. The molecule has 0 unspecified atom stereocenters. The van der Waals surface area contributed by atoms with Gasteiger partial charge in [0.2, 0.25) is 0 Å². The zero-order valence-corrected chi connectivity index (χ0v) is 21.9. The summed E-state index contributed by atoms with van der Waals surface area (Å²) in [6.07, 6.45) is 2.89. The van der Waals surface area contributed by atoms with E-state index in [1.807, 2.05) is 18.2 Å². The highest BCUT2D eigenvalue weighted by Gasteiger charge is 2.12. The number of amides is 1. The average Bonchev–Trinajstić information content (AvgIpc) is 3.52. The number of rotatable bonds is 12. The topological polar surface area (TPSA) is 92.6 Å². The summed E-state index contributed by atoms with van der Waals surface area (Å²) in [5.74, 6) is 1.01. The molecule has 2 aromatic carbocycles. The van der Waals surface area contributed by atoms with Gasteiger partial charge in [-0.05, 0) is 80.7 Å². The number of carbonyl (C=O) groups is 1. The molecule has 8 heteroatoms. The van der Waals surface area contributed by atoms with E-state index in [9.17, 15) is 4.79 Å². The van der Waals surface area contributed by atoms with Crippen molar-refractivity contribution in [3.63, 3.8) is 0 Å². The lowest BCUT2D eigenvalue weighted by molar-refractivity contribution is 0.102. The van der Waals surface area contributed by atoms with Gasteiger partial charge in [0.1, 0.15) is 0 Å². The quantitative estimate of drug-likeness (QED) is 0.253. The first-order valence-electron chi connectivity index (χ1n) is 12.1. The van der Waals surface area contributed by atoms with Crippen LogP contribution < -0.4 is 20.5 Å². The molecule has 1 amide bonds. The molecule has 0 fully saturated rings. The second-order valence-electron chi connectivity index (χ2n) is 9.03. The number of ether oxygens (including phenoxy) is 2. The third kappa shape index (κ3) is 6.66. The van der Waals surface area contributed by atoms with Crippen LogP contribution in [0.3, 0.4) is 0 Å². The Hall–Kier alpha value is -3.33. The number of fused-ring (bicyclic) bond motifs is 1. The predicted octanol–water partition coefficient (Wildman–Crippen LogP) is 4.93. The minimum atomic E-state index is -0.174. The van der Waals surface area contributed by atoms with E-state index in [0.717, 1.165) is 43.3 Å². The summed E-state index contributed by atoms with van der Waals surface area (Å²) in [6, 6.07) is 17.5. The first-order chi connectivity index (χ1) is 17.4. The van der Waals surface area contributed by atoms with Crippen molar-refractivity contribution >= 4 is 33.8 Å². The van der Waals surface area contributed by atoms with Gasteiger partial charge in [-0.1, -0.05) is 6.07 Å². The maximum atomic E-state index is 12.8. The van der Waals surface area contributed by atoms with Crippen molar-refractivity contribution in [3.05, 3.63) is 76.1 Å². The molecule has 7 nitrogen and oxygen atoms in total. The summed E-state index contributed by atoms with van der Waals surface area (Å²) in [6.45, 7) is 1.86. The number of anilines is 1. The number of hydrogen-bond acceptors (Lipinski definition) is 6. The van der Waals surface area contributed by atoms with Crippen molar-refractivity contribution in [3.8, 4) is 11.5 Å². The number of aromatic amines is 1. The highest BCUT2D eigenvalue weighted by atomic mass is 32.1. The molecular weight excluding hydrogens is 472 g/mol. The summed E-state index contributed by atoms with van der Waals surface area (Å²) < 4.78 is 10.6. The Labute approximate surface area is 216 Å². The first kappa shape index (κ1) is 25.8. The molecule has 2 aromatic heterocycles. The van der Waals surface area contributed by atoms with Gasteiger partial charge >= 0.3 is 0 Å². The van der Waals surface area contributed by atoms with E-state index in [4.69, 9.17) is 15.2 Å². The van der Waals surface area contributed by atoms with Gasteiger partial charge in [0, 0.05) is 51.4 Å². The monoisotopic (exact) mass is 506 g/mol. The van der Waals surface area contributed by atoms with Crippen LogP contribution in [-0.2, 0) is 12.8 Å². The number of thiophene rings is 1. The number of nitrogens with one attached hydrogen (secondary N) is 2. The maximum absolute atomic E-state index is 12.8. The molecule has 0 aliphatic carbocycles. The van der Waals surface area contributed by atoms with Crippen LogP contribution in [0.25, 0.3) is 10.9 Å². The van der Waals surface area contributed by atoms with E-state index in [-0.39, 0.29) is 11.9 Å². The number of hydrogen-bond donors (Lipinski definition) is 3. The first-order valence-corrected chi connectivity index (χ1v) is 12.9. The van der Waals surface area contributed by atoms with E-state index in [1.54, 1.807) is 43.8 Å². The van der Waals surface area contributed by atoms with Crippen molar-refractivity contribution in [2.45, 2.75) is 25.3 Å². The molecule has 0 aliphatic rings. The SMILES string of the molecule is COc1ccc(NC(=O)c2ccc3[nH]c(CCCN(C)C[C@@H](N)Cc4cccs4)cc3c2)cc1OC. The van der Waals surface area contributed by atoms with Crippen LogP contribution in [0.1, 0.15) is 27.3 Å². The van der Waals surface area contributed by atoms with Gasteiger partial charge in [-0.15, -0.1) is 11.3 Å². The Morgan fingerprint density at radius 3 is 2.69 bits per heavy atom. The summed E-state index contributed by atoms with van der Waals surface area (Å²) in [4.78, 5) is 20.0. The van der Waals surface area contributed by atoms with Gasteiger partial charge in [0.15, 0.2) is 11.5 Å². The molecule has 0 aliphatic heterocycles. The third-order valence-corrected chi connectivity index (χ3v) is 7.05. The Kier molecular flexibility index (Phi) is 8.64. The molecule has 4 rings (SSSR count). The van der Waals surface area contributed by atoms with Crippen LogP contribution in [0, 0.1) is 0 Å². The number of likely N-dealkylation sites (N-methyl/N-ethyl adjacent to an activating group) is 1. The number of nitrogens with two attached hydrogens (primary N) is 1. The Bertz CT molecular complexity index is 1290. The van der Waals surface area contributed by atoms with Gasteiger partial charge in [-0.25, -0.2) is 0 Å². The van der Waals surface area contributed by atoms with Gasteiger partial charge in [0.05, 0.1) is 14.2 Å². The molecule has 36 heavy (non-hydrogen) atoms. The molecule has 0 saturated carbocycles. The fourth-order valence-corrected chi connectivity index (χ4v) is 5.17. The summed E-state index contributed by atoms with van der Waals surface area (Å²) in [5, 5.41) is 6.05. The number of H-pyrrole nitrogens is 1.